The van der Waals surface area contributed by atoms with E-state index in [1.807, 2.05) is 0 Å². The quantitative estimate of drug-likeness (QED) is 0.0768. The Hall–Kier alpha value is -2.00. The molecule has 32 rings (SSSR count). The largest absolute Gasteiger partial charge is 0.394 e. The molecule has 32 saturated heterocycles. The molecule has 30 N–H and O–H groups in total. The smallest absolute Gasteiger partial charge is 0.187 e. The van der Waals surface area contributed by atoms with Crippen LogP contribution >= 0.6 is 0 Å². The molecule has 32 aliphatic rings. The highest BCUT2D eigenvalue weighted by atomic mass is 16.8. The van der Waals surface area contributed by atoms with E-state index >= 15 is 0 Å². The van der Waals surface area contributed by atoms with Crippen LogP contribution in [-0.2, 0) is 94.7 Å². The van der Waals surface area contributed by atoms with Crippen LogP contribution in [0.3, 0.4) is 0 Å². The Morgan fingerprint density at radius 2 is 0.336 bits per heavy atom. The van der Waals surface area contributed by atoms with E-state index in [0.717, 1.165) is 0 Å². The van der Waals surface area contributed by atoms with Crippen molar-refractivity contribution in [2.45, 2.75) is 307 Å². The van der Waals surface area contributed by atoms with Crippen LogP contribution in [-0.4, -0.2) is 526 Å². The Morgan fingerprint density at radius 3 is 0.573 bits per heavy atom. The van der Waals surface area contributed by atoms with Gasteiger partial charge < -0.3 is 248 Å². The van der Waals surface area contributed by atoms with Gasteiger partial charge in [-0.15, -0.1) is 0 Å². The first kappa shape index (κ1) is 88.8. The summed E-state index contributed by atoms with van der Waals surface area (Å²) in [5.74, 6) is 0. The van der Waals surface area contributed by atoms with Crippen molar-refractivity contribution in [2.24, 2.45) is 0 Å². The Labute approximate surface area is 619 Å². The minimum Gasteiger partial charge on any atom is -0.394 e. The lowest BCUT2D eigenvalue weighted by Crippen LogP contribution is -2.70. The maximum absolute atomic E-state index is 12.4. The van der Waals surface area contributed by atoms with Crippen LogP contribution in [0, 0.1) is 0 Å². The van der Waals surface area contributed by atoms with Crippen LogP contribution in [0.5, 0.6) is 0 Å². The average Bonchev–Trinajstić information content (AvgIpc) is 0.763. The average molecular weight is 1620 g/mol. The first-order valence-electron chi connectivity index (χ1n) is 35.2. The molecule has 0 aromatic carbocycles. The normalized spacial score (nSPS) is 55.1. The van der Waals surface area contributed by atoms with Crippen LogP contribution in [0.2, 0.25) is 0 Å². The summed E-state index contributed by atoms with van der Waals surface area (Å²) in [6.07, 6.45) is -108. The molecule has 0 unspecified atom stereocenters. The topological polar surface area (TPSA) is 792 Å². The summed E-state index contributed by atoms with van der Waals surface area (Å²) < 4.78 is 116. The lowest BCUT2D eigenvalue weighted by atomic mass is 9.94. The van der Waals surface area contributed by atoms with Crippen molar-refractivity contribution in [3.8, 4) is 0 Å². The van der Waals surface area contributed by atoms with E-state index in [2.05, 4.69) is 0 Å². The van der Waals surface area contributed by atoms with E-state index < -0.39 is 373 Å². The van der Waals surface area contributed by atoms with Crippen molar-refractivity contribution in [3.63, 3.8) is 0 Å². The molecule has 0 amide bonds. The van der Waals surface area contributed by atoms with Gasteiger partial charge in [-0.3, -0.25) is 0 Å². The SMILES string of the molecule is OC[C@H]1O[C@H](O[C@H]2[C@H](O)[C@@H](O)[C@@H](O[C@@H]3[C@@H](O)[C@H]4O[C@H]5[C@H](O)[C@@H](O)[C@@H](O[C@H]6[C@H](O)[C@@H](O)[C@@H](O[C@H]7[C@H](O)[C@@H](O)[C@@H](O[C@H]8[C@H](O)[C@@H](O)[C@@H](O[C@H]9[C@H](O)[C@@H](O)[C@@H](O[C@H]%10[C@H](O)[C@@H](O)[C@@H](O[C@H]%11[C@H](O)[C@@H](O)[C@@H](O[C@@H]3[C@@H](CO)O4)O[C@@H]%11CO)O[C@@H]%10CO)O[C@@H]9CO)O[C@@H]8CO)O[C@@H]7CO)O[C@@H]6CO)O[C@@H]5CO)O[C@@H]2CO)[C@H](O)[C@@H](O)[C@@H]1O. The van der Waals surface area contributed by atoms with Crippen LogP contribution in [0.15, 0.2) is 0 Å². The minimum absolute atomic E-state index is 0.953. The summed E-state index contributed by atoms with van der Waals surface area (Å²) in [6, 6.07) is 0. The van der Waals surface area contributed by atoms with E-state index in [1.54, 1.807) is 0 Å². The van der Waals surface area contributed by atoms with Gasteiger partial charge in [-0.2, -0.15) is 0 Å². The molecule has 0 aliphatic carbocycles. The van der Waals surface area contributed by atoms with E-state index in [4.69, 9.17) is 94.7 Å². The Kier molecular flexibility index (Phi) is 30.6. The summed E-state index contributed by atoms with van der Waals surface area (Å²) in [7, 11) is 0. The van der Waals surface area contributed by atoms with Gasteiger partial charge >= 0.3 is 0 Å². The van der Waals surface area contributed by atoms with Gasteiger partial charge in [0.25, 0.3) is 0 Å². The first-order valence-corrected chi connectivity index (χ1v) is 35.2. The Balaban J connectivity index is 0.890. The van der Waals surface area contributed by atoms with Gasteiger partial charge in [0.1, 0.15) is 244 Å². The monoisotopic (exact) mass is 1620 g/mol. The number of rotatable bonds is 14. The van der Waals surface area contributed by atoms with E-state index in [0.29, 0.717) is 0 Å². The molecule has 0 aromatic heterocycles. The molecule has 110 heavy (non-hydrogen) atoms. The summed E-state index contributed by atoms with van der Waals surface area (Å²) in [6.45, 7) is -11.6. The van der Waals surface area contributed by atoms with Gasteiger partial charge in [0.05, 0.1) is 66.1 Å². The number of aliphatic hydroxyl groups excluding tert-OH is 30. The zero-order valence-corrected chi connectivity index (χ0v) is 57.5. The Morgan fingerprint density at radius 1 is 0.145 bits per heavy atom. The molecule has 50 heteroatoms. The van der Waals surface area contributed by atoms with E-state index in [9.17, 15) is 153 Å². The second kappa shape index (κ2) is 37.9. The van der Waals surface area contributed by atoms with Crippen LogP contribution in [0.1, 0.15) is 0 Å². The van der Waals surface area contributed by atoms with Gasteiger partial charge in [-0.25, -0.2) is 0 Å². The molecular weight excluding hydrogens is 1520 g/mol. The molecule has 50 nitrogen and oxygen atoms in total. The first-order chi connectivity index (χ1) is 52.4. The maximum Gasteiger partial charge on any atom is 0.187 e. The van der Waals surface area contributed by atoms with Gasteiger partial charge in [-0.1, -0.05) is 0 Å². The zero-order valence-electron chi connectivity index (χ0n) is 57.5. The fourth-order valence-electron chi connectivity index (χ4n) is 14.9. The minimum atomic E-state index is -2.54. The van der Waals surface area contributed by atoms with E-state index in [-0.39, 0.29) is 0 Å². The fraction of sp³-hybridized carbons (Fsp3) is 1.00. The fourth-order valence-corrected chi connectivity index (χ4v) is 14.9. The van der Waals surface area contributed by atoms with Crippen molar-refractivity contribution in [1.82, 2.24) is 0 Å². The second-order valence-corrected chi connectivity index (χ2v) is 28.1. The molecule has 32 heterocycles. The lowest BCUT2D eigenvalue weighted by Gasteiger charge is -2.51. The summed E-state index contributed by atoms with van der Waals surface area (Å²) >= 11 is 0. The van der Waals surface area contributed by atoms with Gasteiger partial charge in [0.15, 0.2) is 62.9 Å². The van der Waals surface area contributed by atoms with Crippen LogP contribution < -0.4 is 0 Å². The predicted molar refractivity (Wildman–Crippen MR) is 326 cm³/mol. The highest BCUT2D eigenvalue weighted by Gasteiger charge is 2.62. The number of hydrogen-bond acceptors (Lipinski definition) is 50. The molecule has 16 bridgehead atoms. The number of hydrogen-bond donors (Lipinski definition) is 30. The third kappa shape index (κ3) is 17.6. The third-order valence-electron chi connectivity index (χ3n) is 21.1. The number of aliphatic hydroxyl groups is 30. The molecule has 0 spiro atoms. The molecular formula is C60H100O50. The molecule has 32 aliphatic heterocycles. The van der Waals surface area contributed by atoms with Crippen molar-refractivity contribution in [3.05, 3.63) is 0 Å². The highest BCUT2D eigenvalue weighted by molar-refractivity contribution is 5.04. The van der Waals surface area contributed by atoms with Gasteiger partial charge in [0.2, 0.25) is 0 Å². The highest BCUT2D eigenvalue weighted by Crippen LogP contribution is 2.42. The molecule has 0 aromatic rings. The standard InChI is InChI=1S/C60H100O50/c61-1-11-21(71)22(72)31(81)51(91-11)101-41-18(8-68)99-59(39(89)30(41)80)110-50-40(90)60-100-20(10-70)49(50)109-58-38(88)29(79)47(17(7-67)98-58)107-56-36(86)27(77)45(15(5-65)96-56)105-54-34(84)25(75)43(13(3-63)94-54)103-52-32(82)23(73)42(12(2-62)92-52)102-53-33(83)24(74)44(14(4-64)93-53)104-55-35(85)26(76)46(16(6-66)95-55)106-57-37(87)28(78)48(108-60)19(9-69)97-57/h11-90H,1-10H2/t11-,12-,13-,14-,15-,16-,17-,18-,19-,20-,21-,22+,23-,24-,25-,26-,27-,28-,29-,30-,31-,32-,33-,34-,35-,36-,37-,38-,39-,40-,41-,42-,43-,44-,45-,46-,47-,48-,49-,50-,51-,52-,53-,54-,55-,56-,57-,58-,59-,60-/m1/s1. The second-order valence-electron chi connectivity index (χ2n) is 28.1. The summed E-state index contributed by atoms with van der Waals surface area (Å²) in [4.78, 5) is 0. The van der Waals surface area contributed by atoms with Crippen LogP contribution in [0.4, 0.5) is 0 Å². The molecule has 0 saturated carbocycles. The van der Waals surface area contributed by atoms with Gasteiger partial charge in [-0.05, 0) is 0 Å². The molecule has 0 radical (unpaired) electrons. The molecule has 32 fully saturated rings. The van der Waals surface area contributed by atoms with Crippen LogP contribution in [0.25, 0.3) is 0 Å². The van der Waals surface area contributed by atoms with Crippen molar-refractivity contribution < 1.29 is 248 Å². The zero-order chi connectivity index (χ0) is 80.1. The third-order valence-corrected chi connectivity index (χ3v) is 21.1. The summed E-state index contributed by atoms with van der Waals surface area (Å²) in [5.41, 5.74) is 0. The maximum atomic E-state index is 12.4. The predicted octanol–water partition coefficient (Wildman–Crippen LogP) is -21.8. The Bertz CT molecular complexity index is 2780. The molecule has 640 valence electrons. The van der Waals surface area contributed by atoms with E-state index in [1.165, 1.54) is 0 Å². The van der Waals surface area contributed by atoms with Crippen molar-refractivity contribution >= 4 is 0 Å². The van der Waals surface area contributed by atoms with Crippen molar-refractivity contribution in [1.29, 1.82) is 0 Å². The number of ether oxygens (including phenoxy) is 20. The molecule has 50 atom stereocenters. The van der Waals surface area contributed by atoms with Crippen molar-refractivity contribution in [2.75, 3.05) is 66.1 Å². The lowest BCUT2D eigenvalue weighted by molar-refractivity contribution is -0.412. The summed E-state index contributed by atoms with van der Waals surface area (Å²) in [5, 5.41) is 335. The van der Waals surface area contributed by atoms with Gasteiger partial charge in [0, 0.05) is 0 Å².